The summed E-state index contributed by atoms with van der Waals surface area (Å²) in [7, 11) is 3.41. The SMILES string of the molecule is COc1cc(N(C)/C=C\N=C(C)C=O)ccc1OCC(C)(C)O.Cc1ccc(C)cc1. The van der Waals surface area contributed by atoms with E-state index in [1.54, 1.807) is 46.3 Å². The smallest absolute Gasteiger partial charge is 0.163 e. The number of benzene rings is 2. The van der Waals surface area contributed by atoms with Gasteiger partial charge in [0.1, 0.15) is 6.61 Å². The third-order valence-corrected chi connectivity index (χ3v) is 4.09. The van der Waals surface area contributed by atoms with Gasteiger partial charge in [-0.1, -0.05) is 35.4 Å². The summed E-state index contributed by atoms with van der Waals surface area (Å²) in [4.78, 5) is 16.3. The number of anilines is 1. The number of ether oxygens (including phenoxy) is 2. The van der Waals surface area contributed by atoms with Crippen molar-refractivity contribution in [2.45, 2.75) is 40.2 Å². The molecule has 0 atom stereocenters. The molecule has 0 saturated carbocycles. The van der Waals surface area contributed by atoms with E-state index < -0.39 is 5.60 Å². The number of methoxy groups -OCH3 is 1. The summed E-state index contributed by atoms with van der Waals surface area (Å²) < 4.78 is 10.9. The summed E-state index contributed by atoms with van der Waals surface area (Å²) in [6, 6.07) is 13.9. The number of nitrogens with zero attached hydrogens (tertiary/aromatic N) is 2. The second-order valence-corrected chi connectivity index (χ2v) is 7.89. The molecule has 0 fully saturated rings. The summed E-state index contributed by atoms with van der Waals surface area (Å²) in [5.74, 6) is 1.13. The summed E-state index contributed by atoms with van der Waals surface area (Å²) in [6.07, 6.45) is 3.98. The van der Waals surface area contributed by atoms with Crippen LogP contribution in [0, 0.1) is 13.8 Å². The van der Waals surface area contributed by atoms with Crippen molar-refractivity contribution in [1.29, 1.82) is 0 Å². The highest BCUT2D eigenvalue weighted by Crippen LogP contribution is 2.32. The van der Waals surface area contributed by atoms with E-state index in [1.807, 2.05) is 24.1 Å². The zero-order valence-electron chi connectivity index (χ0n) is 19.5. The Morgan fingerprint density at radius 1 is 1.10 bits per heavy atom. The molecule has 2 aromatic carbocycles. The number of aldehydes is 1. The maximum atomic E-state index is 10.5. The monoisotopic (exact) mass is 426 g/mol. The minimum Gasteiger partial charge on any atom is -0.493 e. The molecule has 168 valence electrons. The highest BCUT2D eigenvalue weighted by molar-refractivity contribution is 6.27. The second kappa shape index (κ2) is 12.5. The Labute approximate surface area is 185 Å². The third-order valence-electron chi connectivity index (χ3n) is 4.09. The zero-order valence-corrected chi connectivity index (χ0v) is 19.5. The summed E-state index contributed by atoms with van der Waals surface area (Å²) in [5.41, 5.74) is 3.01. The molecule has 0 bridgehead atoms. The molecular formula is C25H34N2O4. The lowest BCUT2D eigenvalue weighted by molar-refractivity contribution is -0.102. The predicted molar refractivity (Wildman–Crippen MR) is 127 cm³/mol. The van der Waals surface area contributed by atoms with E-state index in [0.717, 1.165) is 5.69 Å². The molecule has 0 amide bonds. The van der Waals surface area contributed by atoms with Crippen molar-refractivity contribution < 1.29 is 19.4 Å². The Kier molecular flexibility index (Phi) is 10.5. The van der Waals surface area contributed by atoms with E-state index in [0.29, 0.717) is 23.5 Å². The molecule has 0 saturated heterocycles. The van der Waals surface area contributed by atoms with Crippen molar-refractivity contribution in [2.24, 2.45) is 4.99 Å². The molecule has 6 nitrogen and oxygen atoms in total. The van der Waals surface area contributed by atoms with Crippen LogP contribution in [0.5, 0.6) is 11.5 Å². The Hall–Kier alpha value is -3.12. The van der Waals surface area contributed by atoms with Gasteiger partial charge in [-0.15, -0.1) is 0 Å². The topological polar surface area (TPSA) is 71.4 Å². The molecule has 0 spiro atoms. The largest absolute Gasteiger partial charge is 0.493 e. The maximum Gasteiger partial charge on any atom is 0.163 e. The van der Waals surface area contributed by atoms with E-state index in [4.69, 9.17) is 9.47 Å². The number of aliphatic imine (C=N–C) groups is 1. The van der Waals surface area contributed by atoms with Gasteiger partial charge in [-0.05, 0) is 46.8 Å². The first kappa shape index (κ1) is 25.9. The molecule has 0 aliphatic heterocycles. The van der Waals surface area contributed by atoms with Gasteiger partial charge >= 0.3 is 0 Å². The maximum absolute atomic E-state index is 10.5. The quantitative estimate of drug-likeness (QED) is 0.489. The van der Waals surface area contributed by atoms with Crippen molar-refractivity contribution in [3.8, 4) is 11.5 Å². The van der Waals surface area contributed by atoms with E-state index in [9.17, 15) is 9.90 Å². The summed E-state index contributed by atoms with van der Waals surface area (Å²) >= 11 is 0. The molecule has 0 heterocycles. The van der Waals surface area contributed by atoms with Crippen molar-refractivity contribution >= 4 is 17.7 Å². The fourth-order valence-electron chi connectivity index (χ4n) is 2.25. The van der Waals surface area contributed by atoms with Crippen LogP contribution in [0.15, 0.2) is 59.9 Å². The van der Waals surface area contributed by atoms with Gasteiger partial charge in [-0.25, -0.2) is 0 Å². The zero-order chi connectivity index (χ0) is 23.4. The number of aryl methyl sites for hydroxylation is 2. The Balaban J connectivity index is 0.000000500. The molecule has 2 aromatic rings. The van der Waals surface area contributed by atoms with Crippen LogP contribution in [0.1, 0.15) is 31.9 Å². The Morgan fingerprint density at radius 3 is 2.16 bits per heavy atom. The molecule has 0 radical (unpaired) electrons. The number of hydrogen-bond acceptors (Lipinski definition) is 6. The number of carbonyl (C=O) groups excluding carboxylic acids is 1. The first-order valence-corrected chi connectivity index (χ1v) is 10.0. The van der Waals surface area contributed by atoms with Gasteiger partial charge in [-0.2, -0.15) is 0 Å². The number of carbonyl (C=O) groups is 1. The minimum atomic E-state index is -0.919. The lowest BCUT2D eigenvalue weighted by atomic mass is 10.2. The number of aliphatic hydroxyl groups is 1. The van der Waals surface area contributed by atoms with Crippen LogP contribution < -0.4 is 14.4 Å². The highest BCUT2D eigenvalue weighted by atomic mass is 16.5. The first-order valence-electron chi connectivity index (χ1n) is 10.0. The fourth-order valence-corrected chi connectivity index (χ4v) is 2.25. The Bertz CT molecular complexity index is 860. The lowest BCUT2D eigenvalue weighted by Crippen LogP contribution is -2.28. The number of rotatable bonds is 8. The normalized spacial score (nSPS) is 11.5. The molecular weight excluding hydrogens is 392 g/mol. The third kappa shape index (κ3) is 10.5. The van der Waals surface area contributed by atoms with Crippen molar-refractivity contribution in [1.82, 2.24) is 0 Å². The molecule has 6 heteroatoms. The summed E-state index contributed by atoms with van der Waals surface area (Å²) in [6.45, 7) is 9.34. The minimum absolute atomic E-state index is 0.165. The van der Waals surface area contributed by atoms with Crippen molar-refractivity contribution in [2.75, 3.05) is 25.7 Å². The van der Waals surface area contributed by atoms with Gasteiger partial charge in [0.05, 0.1) is 18.4 Å². The van der Waals surface area contributed by atoms with Gasteiger partial charge in [0.15, 0.2) is 17.8 Å². The summed E-state index contributed by atoms with van der Waals surface area (Å²) in [5, 5.41) is 9.73. The molecule has 2 rings (SSSR count). The van der Waals surface area contributed by atoms with Crippen LogP contribution in [-0.2, 0) is 4.79 Å². The van der Waals surface area contributed by atoms with Crippen LogP contribution >= 0.6 is 0 Å². The van der Waals surface area contributed by atoms with Gasteiger partial charge < -0.3 is 19.5 Å². The standard InChI is InChI=1S/C17H24N2O4.C8H10/c1-13(11-20)18-8-9-19(4)14-6-7-15(16(10-14)22-5)23-12-17(2,3)21;1-7-3-5-8(2)6-4-7/h6-11,21H,12H2,1-5H3;3-6H,1-2H3/b9-8-,18-13?;. The van der Waals surface area contributed by atoms with Crippen LogP contribution in [0.25, 0.3) is 0 Å². The molecule has 31 heavy (non-hydrogen) atoms. The van der Waals surface area contributed by atoms with Crippen LogP contribution in [0.3, 0.4) is 0 Å². The van der Waals surface area contributed by atoms with Gasteiger partial charge in [0.2, 0.25) is 0 Å². The van der Waals surface area contributed by atoms with Gasteiger partial charge in [-0.3, -0.25) is 9.79 Å². The van der Waals surface area contributed by atoms with E-state index in [1.165, 1.54) is 11.1 Å². The predicted octanol–water partition coefficient (Wildman–Crippen LogP) is 4.72. The van der Waals surface area contributed by atoms with Gasteiger partial charge in [0.25, 0.3) is 0 Å². The van der Waals surface area contributed by atoms with E-state index in [-0.39, 0.29) is 6.61 Å². The van der Waals surface area contributed by atoms with Gasteiger partial charge in [0, 0.05) is 31.2 Å². The van der Waals surface area contributed by atoms with Crippen molar-refractivity contribution in [3.05, 3.63) is 66.0 Å². The average molecular weight is 427 g/mol. The second-order valence-electron chi connectivity index (χ2n) is 7.89. The van der Waals surface area contributed by atoms with Crippen molar-refractivity contribution in [3.63, 3.8) is 0 Å². The first-order chi connectivity index (χ1) is 14.6. The fraction of sp³-hybridized carbons (Fsp3) is 0.360. The Morgan fingerprint density at radius 2 is 1.68 bits per heavy atom. The average Bonchev–Trinajstić information content (AvgIpc) is 2.73. The molecule has 0 aliphatic rings. The van der Waals surface area contributed by atoms with Crippen LogP contribution in [0.2, 0.25) is 0 Å². The molecule has 0 aromatic heterocycles. The molecule has 0 aliphatic carbocycles. The lowest BCUT2D eigenvalue weighted by Gasteiger charge is -2.20. The van der Waals surface area contributed by atoms with E-state index in [2.05, 4.69) is 43.1 Å². The van der Waals surface area contributed by atoms with E-state index >= 15 is 0 Å². The number of hydrogen-bond donors (Lipinski definition) is 1. The van der Waals surface area contributed by atoms with Crippen LogP contribution in [0.4, 0.5) is 5.69 Å². The highest BCUT2D eigenvalue weighted by Gasteiger charge is 2.15. The molecule has 0 unspecified atom stereocenters. The molecule has 1 N–H and O–H groups in total. The van der Waals surface area contributed by atoms with Crippen LogP contribution in [-0.4, -0.2) is 43.5 Å².